The largest absolute Gasteiger partial charge is 0.508 e. The molecule has 3 nitrogen and oxygen atoms in total. The van der Waals surface area contributed by atoms with E-state index in [2.05, 4.69) is 5.32 Å². The molecule has 1 amide bonds. The molecule has 1 rings (SSSR count). The normalized spacial score (nSPS) is 12.2. The predicted octanol–water partition coefficient (Wildman–Crippen LogP) is 2.28. The molecule has 0 heterocycles. The summed E-state index contributed by atoms with van der Waals surface area (Å²) >= 11 is 5.70. The lowest BCUT2D eigenvalue weighted by Crippen LogP contribution is -2.26. The summed E-state index contributed by atoms with van der Waals surface area (Å²) in [7, 11) is 0. The molecule has 88 valence electrons. The number of alkyl halides is 1. The van der Waals surface area contributed by atoms with Gasteiger partial charge >= 0.3 is 0 Å². The third-order valence-electron chi connectivity index (χ3n) is 2.02. The van der Waals surface area contributed by atoms with Gasteiger partial charge in [-0.25, -0.2) is 4.39 Å². The minimum Gasteiger partial charge on any atom is -0.508 e. The molecule has 0 aliphatic heterocycles. The molecule has 0 aliphatic rings. The molecule has 1 aromatic rings. The topological polar surface area (TPSA) is 49.3 Å². The molecule has 0 bridgehead atoms. The molecule has 0 spiro atoms. The van der Waals surface area contributed by atoms with Crippen molar-refractivity contribution in [1.29, 1.82) is 0 Å². The molecule has 0 fully saturated rings. The highest BCUT2D eigenvalue weighted by molar-refractivity contribution is 6.20. The lowest BCUT2D eigenvalue weighted by atomic mass is 10.2. The number of benzene rings is 1. The Morgan fingerprint density at radius 3 is 2.88 bits per heavy atom. The number of aromatic hydroxyl groups is 1. The van der Waals surface area contributed by atoms with Crippen molar-refractivity contribution in [1.82, 2.24) is 5.32 Å². The van der Waals surface area contributed by atoms with Crippen LogP contribution < -0.4 is 5.32 Å². The number of halogens is 2. The van der Waals surface area contributed by atoms with Crippen LogP contribution in [0.3, 0.4) is 0 Å². The predicted molar refractivity (Wildman–Crippen MR) is 60.3 cm³/mol. The van der Waals surface area contributed by atoms with Crippen molar-refractivity contribution >= 4 is 17.5 Å². The molecule has 0 saturated heterocycles. The van der Waals surface area contributed by atoms with E-state index in [0.717, 1.165) is 6.07 Å². The Morgan fingerprint density at radius 2 is 2.31 bits per heavy atom. The van der Waals surface area contributed by atoms with Crippen molar-refractivity contribution in [2.75, 3.05) is 6.54 Å². The second-order valence-electron chi connectivity index (χ2n) is 3.49. The SMILES string of the molecule is CC(Cl)CCNC(=O)c1ccc(O)cc1F. The second-order valence-corrected chi connectivity index (χ2v) is 4.23. The molecule has 1 unspecified atom stereocenters. The van der Waals surface area contributed by atoms with Gasteiger partial charge < -0.3 is 10.4 Å². The highest BCUT2D eigenvalue weighted by Gasteiger charge is 2.11. The van der Waals surface area contributed by atoms with Crippen LogP contribution in [-0.2, 0) is 0 Å². The fourth-order valence-electron chi connectivity index (χ4n) is 1.17. The first-order chi connectivity index (χ1) is 7.50. The zero-order chi connectivity index (χ0) is 12.1. The summed E-state index contributed by atoms with van der Waals surface area (Å²) < 4.78 is 13.2. The first-order valence-corrected chi connectivity index (χ1v) is 5.35. The number of phenols is 1. The van der Waals surface area contributed by atoms with Crippen molar-refractivity contribution in [2.45, 2.75) is 18.7 Å². The number of phenolic OH excluding ortho intramolecular Hbond substituents is 1. The van der Waals surface area contributed by atoms with Crippen LogP contribution >= 0.6 is 11.6 Å². The minimum absolute atomic E-state index is 0.0371. The molecule has 1 aromatic carbocycles. The van der Waals surface area contributed by atoms with Crippen LogP contribution in [0.1, 0.15) is 23.7 Å². The van der Waals surface area contributed by atoms with Gasteiger partial charge in [0, 0.05) is 18.0 Å². The van der Waals surface area contributed by atoms with Gasteiger partial charge in [0.1, 0.15) is 11.6 Å². The maximum absolute atomic E-state index is 13.2. The summed E-state index contributed by atoms with van der Waals surface area (Å²) in [5.74, 6) is -1.45. The van der Waals surface area contributed by atoms with Crippen molar-refractivity contribution in [3.63, 3.8) is 0 Å². The Labute approximate surface area is 98.2 Å². The molecule has 2 N–H and O–H groups in total. The number of carbonyl (C=O) groups is 1. The third kappa shape index (κ3) is 3.70. The maximum Gasteiger partial charge on any atom is 0.254 e. The average molecular weight is 246 g/mol. The highest BCUT2D eigenvalue weighted by atomic mass is 35.5. The van der Waals surface area contributed by atoms with Gasteiger partial charge in [-0.1, -0.05) is 0 Å². The van der Waals surface area contributed by atoms with Gasteiger partial charge in [-0.2, -0.15) is 0 Å². The van der Waals surface area contributed by atoms with Gasteiger partial charge in [0.25, 0.3) is 5.91 Å². The Bertz CT molecular complexity index is 382. The van der Waals surface area contributed by atoms with E-state index in [0.29, 0.717) is 13.0 Å². The summed E-state index contributed by atoms with van der Waals surface area (Å²) in [6, 6.07) is 3.41. The third-order valence-corrected chi connectivity index (χ3v) is 2.24. The van der Waals surface area contributed by atoms with E-state index in [9.17, 15) is 9.18 Å². The van der Waals surface area contributed by atoms with Gasteiger partial charge in [0.2, 0.25) is 0 Å². The monoisotopic (exact) mass is 245 g/mol. The van der Waals surface area contributed by atoms with Crippen LogP contribution in [0.4, 0.5) is 4.39 Å². The van der Waals surface area contributed by atoms with Crippen molar-refractivity contribution in [2.24, 2.45) is 0 Å². The van der Waals surface area contributed by atoms with Gasteiger partial charge in [-0.3, -0.25) is 4.79 Å². The van der Waals surface area contributed by atoms with Crippen LogP contribution in [0.5, 0.6) is 5.75 Å². The van der Waals surface area contributed by atoms with Crippen LogP contribution in [0, 0.1) is 5.82 Å². The van der Waals surface area contributed by atoms with Gasteiger partial charge in [-0.15, -0.1) is 11.6 Å². The number of rotatable bonds is 4. The minimum atomic E-state index is -0.739. The zero-order valence-electron chi connectivity index (χ0n) is 8.84. The fraction of sp³-hybridized carbons (Fsp3) is 0.364. The number of nitrogens with one attached hydrogen (secondary N) is 1. The van der Waals surface area contributed by atoms with E-state index in [1.807, 2.05) is 6.92 Å². The molecule has 0 radical (unpaired) electrons. The first-order valence-electron chi connectivity index (χ1n) is 4.91. The van der Waals surface area contributed by atoms with Gasteiger partial charge in [0.05, 0.1) is 5.56 Å². The van der Waals surface area contributed by atoms with Gasteiger partial charge in [-0.05, 0) is 25.5 Å². The van der Waals surface area contributed by atoms with E-state index in [1.165, 1.54) is 12.1 Å². The van der Waals surface area contributed by atoms with E-state index >= 15 is 0 Å². The molecular weight excluding hydrogens is 233 g/mol. The van der Waals surface area contributed by atoms with Crippen LogP contribution in [-0.4, -0.2) is 22.9 Å². The molecular formula is C11H13ClFNO2. The Kier molecular flexibility index (Phi) is 4.55. The van der Waals surface area contributed by atoms with Crippen molar-refractivity contribution in [3.05, 3.63) is 29.6 Å². The summed E-state index contributed by atoms with van der Waals surface area (Å²) in [5.41, 5.74) is -0.0833. The number of amides is 1. The summed E-state index contributed by atoms with van der Waals surface area (Å²) in [6.45, 7) is 2.21. The van der Waals surface area contributed by atoms with E-state index in [4.69, 9.17) is 16.7 Å². The molecule has 0 aliphatic carbocycles. The average Bonchev–Trinajstić information content (AvgIpc) is 2.16. The lowest BCUT2D eigenvalue weighted by Gasteiger charge is -2.07. The van der Waals surface area contributed by atoms with Crippen molar-refractivity contribution < 1.29 is 14.3 Å². The summed E-state index contributed by atoms with van der Waals surface area (Å²) in [5, 5.41) is 11.5. The number of hydrogen-bond donors (Lipinski definition) is 2. The second kappa shape index (κ2) is 5.70. The van der Waals surface area contributed by atoms with Crippen LogP contribution in [0.25, 0.3) is 0 Å². The summed E-state index contributed by atoms with van der Waals surface area (Å²) in [4.78, 5) is 11.5. The van der Waals surface area contributed by atoms with Crippen LogP contribution in [0.2, 0.25) is 0 Å². The summed E-state index contributed by atoms with van der Waals surface area (Å²) in [6.07, 6.45) is 0.618. The Balaban J connectivity index is 2.59. The Morgan fingerprint density at radius 1 is 1.62 bits per heavy atom. The van der Waals surface area contributed by atoms with E-state index < -0.39 is 11.7 Å². The highest BCUT2D eigenvalue weighted by Crippen LogP contribution is 2.14. The standard InChI is InChI=1S/C11H13ClFNO2/c1-7(12)4-5-14-11(16)9-3-2-8(15)6-10(9)13/h2-3,6-7,15H,4-5H2,1H3,(H,14,16). The lowest BCUT2D eigenvalue weighted by molar-refractivity contribution is 0.0949. The van der Waals surface area contributed by atoms with Gasteiger partial charge in [0.15, 0.2) is 0 Å². The molecule has 16 heavy (non-hydrogen) atoms. The molecule has 0 aromatic heterocycles. The van der Waals surface area contributed by atoms with Crippen LogP contribution in [0.15, 0.2) is 18.2 Å². The number of hydrogen-bond acceptors (Lipinski definition) is 2. The molecule has 0 saturated carbocycles. The zero-order valence-corrected chi connectivity index (χ0v) is 9.59. The fourth-order valence-corrected chi connectivity index (χ4v) is 1.28. The van der Waals surface area contributed by atoms with Crippen molar-refractivity contribution in [3.8, 4) is 5.75 Å². The van der Waals surface area contributed by atoms with E-state index in [1.54, 1.807) is 0 Å². The smallest absolute Gasteiger partial charge is 0.254 e. The molecule has 5 heteroatoms. The first kappa shape index (κ1) is 12.8. The van der Waals surface area contributed by atoms with E-state index in [-0.39, 0.29) is 16.7 Å². The maximum atomic E-state index is 13.2. The molecule has 1 atom stereocenters. The quantitative estimate of drug-likeness (QED) is 0.800. The number of carbonyl (C=O) groups excluding carboxylic acids is 1. The Hall–Kier alpha value is -1.29.